The number of nitrogens with one attached hydrogen (secondary N) is 3. The van der Waals surface area contributed by atoms with Gasteiger partial charge in [0.05, 0.1) is 22.6 Å². The molecule has 1 aromatic heterocycles. The Morgan fingerprint density at radius 1 is 1.12 bits per heavy atom. The number of phenols is 2. The Morgan fingerprint density at radius 3 is 2.65 bits per heavy atom. The molecule has 0 amide bonds. The molecule has 0 bridgehead atoms. The fraction of sp³-hybridized carbons (Fsp3) is 0.111. The van der Waals surface area contributed by atoms with E-state index in [1.165, 1.54) is 6.07 Å². The molecule has 0 aliphatic carbocycles. The summed E-state index contributed by atoms with van der Waals surface area (Å²) in [6.45, 7) is 5.79. The van der Waals surface area contributed by atoms with Gasteiger partial charge in [-0.05, 0) is 48.5 Å². The van der Waals surface area contributed by atoms with Crippen LogP contribution < -0.4 is 10.6 Å². The van der Waals surface area contributed by atoms with E-state index in [-0.39, 0.29) is 11.5 Å². The summed E-state index contributed by atoms with van der Waals surface area (Å²) in [5.41, 5.74) is 3.80. The zero-order valence-corrected chi connectivity index (χ0v) is 14.8. The highest BCUT2D eigenvalue weighted by Crippen LogP contribution is 2.37. The number of benzene rings is 2. The van der Waals surface area contributed by atoms with Crippen molar-refractivity contribution < 1.29 is 10.2 Å². The van der Waals surface area contributed by atoms with Crippen LogP contribution in [0.15, 0.2) is 42.7 Å². The van der Waals surface area contributed by atoms with Gasteiger partial charge in [-0.2, -0.15) is 5.10 Å². The van der Waals surface area contributed by atoms with Gasteiger partial charge in [0, 0.05) is 6.07 Å². The average Bonchev–Trinajstić information content (AvgIpc) is 3.16. The molecule has 1 aliphatic rings. The minimum Gasteiger partial charge on any atom is -0.508 e. The molecule has 0 saturated heterocycles. The Labute approximate surface area is 154 Å². The van der Waals surface area contributed by atoms with Crippen LogP contribution >= 0.6 is 12.2 Å². The predicted octanol–water partition coefficient (Wildman–Crippen LogP) is 3.88. The number of phenolic OH excluding ortho intramolecular Hbond substituents is 2. The molecule has 2 aromatic carbocycles. The molecule has 3 aromatic rings. The van der Waals surface area contributed by atoms with Crippen molar-refractivity contribution in [3.05, 3.63) is 53.1 Å². The van der Waals surface area contributed by atoms with Gasteiger partial charge in [0.25, 0.3) is 0 Å². The van der Waals surface area contributed by atoms with Gasteiger partial charge in [-0.25, -0.2) is 0 Å². The largest absolute Gasteiger partial charge is 0.508 e. The topological polar surface area (TPSA) is 98.1 Å². The van der Waals surface area contributed by atoms with Gasteiger partial charge in [-0.1, -0.05) is 13.5 Å². The summed E-state index contributed by atoms with van der Waals surface area (Å²) in [4.78, 5) is 0. The van der Waals surface area contributed by atoms with Crippen molar-refractivity contribution in [2.24, 2.45) is 0 Å². The van der Waals surface area contributed by atoms with Crippen LogP contribution in [0.3, 0.4) is 0 Å². The van der Waals surface area contributed by atoms with Gasteiger partial charge >= 0.3 is 0 Å². The molecule has 1 aliphatic heterocycles. The molecule has 0 radical (unpaired) electrons. The Bertz CT molecular complexity index is 1100. The van der Waals surface area contributed by atoms with Crippen molar-refractivity contribution >= 4 is 23.6 Å². The Balaban J connectivity index is 1.89. The second-order valence-corrected chi connectivity index (χ2v) is 6.38. The molecule has 0 spiro atoms. The highest BCUT2D eigenvalue weighted by atomic mass is 32.1. The lowest BCUT2D eigenvalue weighted by molar-refractivity contribution is 0.447. The number of aromatic amines is 1. The van der Waals surface area contributed by atoms with Crippen LogP contribution in [0.1, 0.15) is 12.5 Å². The predicted molar refractivity (Wildman–Crippen MR) is 103 cm³/mol. The quantitative estimate of drug-likeness (QED) is 0.451. The van der Waals surface area contributed by atoms with Crippen LogP contribution in [-0.4, -0.2) is 25.0 Å². The van der Waals surface area contributed by atoms with Crippen molar-refractivity contribution in [2.45, 2.75) is 13.3 Å². The van der Waals surface area contributed by atoms with E-state index in [1.54, 1.807) is 10.6 Å². The third kappa shape index (κ3) is 2.51. The Hall–Kier alpha value is -3.26. The number of nitrogens with zero attached hydrogens (tertiary/aromatic N) is 2. The molecular formula is C18H17N5O2S. The van der Waals surface area contributed by atoms with Crippen LogP contribution in [-0.2, 0) is 6.42 Å². The molecule has 5 N–H and O–H groups in total. The maximum Gasteiger partial charge on any atom is 0.200 e. The highest BCUT2D eigenvalue weighted by molar-refractivity contribution is 7.71. The highest BCUT2D eigenvalue weighted by Gasteiger charge is 2.19. The van der Waals surface area contributed by atoms with Crippen molar-refractivity contribution in [1.29, 1.82) is 0 Å². The third-order valence-electron chi connectivity index (χ3n) is 4.32. The maximum atomic E-state index is 10.3. The molecule has 0 unspecified atom stereocenters. The number of fused-ring (bicyclic) bond motifs is 1. The van der Waals surface area contributed by atoms with Gasteiger partial charge in [-0.3, -0.25) is 9.67 Å². The number of hydrogen-bond donors (Lipinski definition) is 5. The van der Waals surface area contributed by atoms with Crippen LogP contribution in [0.5, 0.6) is 11.5 Å². The lowest BCUT2D eigenvalue weighted by Gasteiger charge is -2.11. The fourth-order valence-electron chi connectivity index (χ4n) is 3.04. The van der Waals surface area contributed by atoms with Gasteiger partial charge in [0.1, 0.15) is 17.3 Å². The van der Waals surface area contributed by atoms with Crippen molar-refractivity contribution in [1.82, 2.24) is 14.8 Å². The number of rotatable bonds is 3. The molecular weight excluding hydrogens is 350 g/mol. The summed E-state index contributed by atoms with van der Waals surface area (Å²) in [5.74, 6) is 1.16. The second-order valence-electron chi connectivity index (χ2n) is 6.00. The van der Waals surface area contributed by atoms with E-state index in [0.717, 1.165) is 22.6 Å². The molecule has 26 heavy (non-hydrogen) atoms. The first-order valence-corrected chi connectivity index (χ1v) is 8.48. The van der Waals surface area contributed by atoms with Crippen molar-refractivity contribution in [2.75, 3.05) is 10.6 Å². The lowest BCUT2D eigenvalue weighted by atomic mass is 10.1. The molecule has 7 nitrogen and oxygen atoms in total. The Kier molecular flexibility index (Phi) is 3.69. The normalized spacial score (nSPS) is 12.6. The van der Waals surface area contributed by atoms with Crippen molar-refractivity contribution in [3.8, 4) is 28.6 Å². The monoisotopic (exact) mass is 367 g/mol. The zero-order valence-electron chi connectivity index (χ0n) is 14.0. The van der Waals surface area contributed by atoms with E-state index in [4.69, 9.17) is 12.2 Å². The number of H-pyrrole nitrogens is 1. The Morgan fingerprint density at radius 2 is 1.88 bits per heavy atom. The molecule has 0 saturated carbocycles. The minimum absolute atomic E-state index is 0.0563. The first-order valence-electron chi connectivity index (χ1n) is 8.08. The molecule has 132 valence electrons. The van der Waals surface area contributed by atoms with E-state index in [2.05, 4.69) is 27.4 Å². The van der Waals surface area contributed by atoms with Crippen LogP contribution in [0.2, 0.25) is 0 Å². The average molecular weight is 367 g/mol. The van der Waals surface area contributed by atoms with Crippen LogP contribution in [0.4, 0.5) is 11.4 Å². The molecule has 0 fully saturated rings. The molecule has 0 atom stereocenters. The fourth-order valence-corrected chi connectivity index (χ4v) is 3.28. The van der Waals surface area contributed by atoms with Crippen molar-refractivity contribution in [3.63, 3.8) is 0 Å². The first-order chi connectivity index (χ1) is 12.5. The van der Waals surface area contributed by atoms with Crippen LogP contribution in [0, 0.1) is 4.77 Å². The number of aromatic nitrogens is 3. The van der Waals surface area contributed by atoms with Gasteiger partial charge in [0.15, 0.2) is 10.6 Å². The summed E-state index contributed by atoms with van der Waals surface area (Å²) in [6.07, 6.45) is 0.626. The summed E-state index contributed by atoms with van der Waals surface area (Å²) >= 11 is 5.40. The smallest absolute Gasteiger partial charge is 0.200 e. The maximum absolute atomic E-state index is 10.3. The third-order valence-corrected chi connectivity index (χ3v) is 4.60. The number of hydrogen-bond acceptors (Lipinski definition) is 6. The van der Waals surface area contributed by atoms with E-state index < -0.39 is 0 Å². The van der Waals surface area contributed by atoms with Crippen LogP contribution in [0.25, 0.3) is 17.1 Å². The second kappa shape index (κ2) is 5.92. The van der Waals surface area contributed by atoms with Gasteiger partial charge in [0.2, 0.25) is 0 Å². The summed E-state index contributed by atoms with van der Waals surface area (Å²) < 4.78 is 2.14. The van der Waals surface area contributed by atoms with E-state index in [9.17, 15) is 10.2 Å². The lowest BCUT2D eigenvalue weighted by Crippen LogP contribution is -1.99. The number of aromatic hydroxyl groups is 2. The van der Waals surface area contributed by atoms with Gasteiger partial charge in [-0.15, -0.1) is 0 Å². The van der Waals surface area contributed by atoms with Gasteiger partial charge < -0.3 is 20.8 Å². The number of anilines is 2. The van der Waals surface area contributed by atoms with E-state index in [0.29, 0.717) is 28.4 Å². The standard InChI is InChI=1S/C18H17N5O2S/c1-3-10-6-12(16(25)8-15(10)24)17-21-22-18(26)23(17)11-4-5-13-14(7-11)20-9(2)19-13/h4-8,19-20,24-25H,2-3H2,1H3,(H,22,26). The SMILES string of the molecule is C=C1Nc2ccc(-n3c(-c4cc(CC)c(O)cc4O)n[nH]c3=S)cc2N1. The van der Waals surface area contributed by atoms with E-state index in [1.807, 2.05) is 25.1 Å². The molecule has 8 heteroatoms. The summed E-state index contributed by atoms with van der Waals surface area (Å²) in [7, 11) is 0. The number of aryl methyl sites for hydroxylation is 1. The summed E-state index contributed by atoms with van der Waals surface area (Å²) in [6, 6.07) is 8.80. The first kappa shape index (κ1) is 16.2. The zero-order chi connectivity index (χ0) is 18.4. The van der Waals surface area contributed by atoms with E-state index >= 15 is 0 Å². The summed E-state index contributed by atoms with van der Waals surface area (Å²) in [5, 5.41) is 33.6. The minimum atomic E-state index is -0.0655. The molecule has 4 rings (SSSR count). The molecule has 2 heterocycles.